The number of phosphoric ester groups is 1. The Bertz CT molecular complexity index is 1760. The number of primary amides is 1. The lowest BCUT2D eigenvalue weighted by Crippen LogP contribution is -2.61. The summed E-state index contributed by atoms with van der Waals surface area (Å²) in [5.41, 5.74) is 10.6. The van der Waals surface area contributed by atoms with Crippen molar-refractivity contribution in [3.63, 3.8) is 0 Å². The molecule has 0 bridgehead atoms. The van der Waals surface area contributed by atoms with Gasteiger partial charge in [-0.1, -0.05) is 41.0 Å². The van der Waals surface area contributed by atoms with Gasteiger partial charge in [0.15, 0.2) is 0 Å². The van der Waals surface area contributed by atoms with E-state index in [9.17, 15) is 43.2 Å². The number of hydrogen-bond donors (Lipinski definition) is 12. The number of aliphatic hydroxyl groups excluding tert-OH is 1. The molecule has 0 aromatic carbocycles. The van der Waals surface area contributed by atoms with Gasteiger partial charge >= 0.3 is 7.82 Å². The molecule has 0 aliphatic rings. The Balaban J connectivity index is 0.0000221. The summed E-state index contributed by atoms with van der Waals surface area (Å²) < 4.78 is 27.7. The highest BCUT2D eigenvalue weighted by Gasteiger charge is 2.36. The van der Waals surface area contributed by atoms with Crippen molar-refractivity contribution < 1.29 is 67.0 Å². The Morgan fingerprint density at radius 1 is 0.926 bits per heavy atom. The second kappa shape index (κ2) is 32.6. The molecule has 1 heterocycles. The van der Waals surface area contributed by atoms with E-state index in [1.165, 1.54) is 24.3 Å². The number of thiol groups is 1. The smallest absolute Gasteiger partial charge is 0.394 e. The quantitative estimate of drug-likeness (QED) is 0.0306. The molecular formula is C42H79N10O14PS. The molecule has 26 heteroatoms. The Morgan fingerprint density at radius 3 is 2.04 bits per heavy atom. The summed E-state index contributed by atoms with van der Waals surface area (Å²) in [5, 5.41) is 22.5. The van der Waals surface area contributed by atoms with Gasteiger partial charge in [-0.2, -0.15) is 12.6 Å². The molecule has 8 atom stereocenters. The minimum absolute atomic E-state index is 0.0189. The van der Waals surface area contributed by atoms with Gasteiger partial charge in [0.2, 0.25) is 41.4 Å². The van der Waals surface area contributed by atoms with Crippen LogP contribution in [0.2, 0.25) is 0 Å². The van der Waals surface area contributed by atoms with Crippen LogP contribution in [0, 0.1) is 5.92 Å². The number of rotatable bonds is 33. The van der Waals surface area contributed by atoms with E-state index < -0.39 is 91.9 Å². The number of unbranched alkanes of at least 4 members (excludes halogenated alkanes) is 1. The van der Waals surface area contributed by atoms with Crippen molar-refractivity contribution >= 4 is 61.8 Å². The molecule has 0 fully saturated rings. The third kappa shape index (κ3) is 25.4. The average molecular weight is 1010 g/mol. The lowest BCUT2D eigenvalue weighted by molar-refractivity contribution is -0.144. The van der Waals surface area contributed by atoms with Crippen LogP contribution in [-0.2, 0) is 58.5 Å². The number of H-pyrrole nitrogens is 1. The van der Waals surface area contributed by atoms with Gasteiger partial charge in [-0.15, -0.1) is 0 Å². The van der Waals surface area contributed by atoms with Gasteiger partial charge in [-0.3, -0.25) is 38.1 Å². The van der Waals surface area contributed by atoms with Crippen LogP contribution >= 0.6 is 20.5 Å². The van der Waals surface area contributed by atoms with Crippen LogP contribution in [0.25, 0.3) is 0 Å². The van der Waals surface area contributed by atoms with E-state index in [-0.39, 0.29) is 68.6 Å². The molecule has 13 N–H and O–H groups in total. The molecule has 7 amide bonds. The van der Waals surface area contributed by atoms with Crippen molar-refractivity contribution in [2.24, 2.45) is 17.4 Å². The Hall–Kier alpha value is -4.20. The minimum Gasteiger partial charge on any atom is -0.394 e. The molecule has 1 aromatic rings. The van der Waals surface area contributed by atoms with Crippen molar-refractivity contribution in [3.8, 4) is 0 Å². The van der Waals surface area contributed by atoms with E-state index in [4.69, 9.17) is 30.7 Å². The number of aliphatic hydroxyl groups is 1. The fraction of sp³-hybridized carbons (Fsp3) is 0.762. The summed E-state index contributed by atoms with van der Waals surface area (Å²) in [7, 11) is -5.12. The Morgan fingerprint density at radius 2 is 1.51 bits per heavy atom. The van der Waals surface area contributed by atoms with Crippen LogP contribution in [0.5, 0.6) is 0 Å². The summed E-state index contributed by atoms with van der Waals surface area (Å²) in [6.45, 7) is 17.4. The zero-order valence-corrected chi connectivity index (χ0v) is 42.9. The van der Waals surface area contributed by atoms with Crippen LogP contribution in [0.3, 0.4) is 0 Å². The van der Waals surface area contributed by atoms with E-state index in [1.54, 1.807) is 0 Å². The molecule has 0 aliphatic heterocycles. The number of imidazole rings is 1. The molecular weight excluding hydrogens is 932 g/mol. The van der Waals surface area contributed by atoms with Gasteiger partial charge < -0.3 is 72.3 Å². The number of aromatic amines is 1. The summed E-state index contributed by atoms with van der Waals surface area (Å²) in [6.07, 6.45) is 2.55. The number of amides is 7. The molecule has 0 saturated carbocycles. The van der Waals surface area contributed by atoms with Gasteiger partial charge in [0.25, 0.3) is 0 Å². The van der Waals surface area contributed by atoms with Gasteiger partial charge in [-0.25, -0.2) is 9.55 Å². The number of aromatic nitrogens is 2. The van der Waals surface area contributed by atoms with E-state index in [2.05, 4.69) is 53.7 Å². The number of phosphoric acid groups is 1. The molecule has 0 aliphatic carbocycles. The van der Waals surface area contributed by atoms with Crippen molar-refractivity contribution in [2.75, 3.05) is 38.7 Å². The molecule has 0 radical (unpaired) electrons. The summed E-state index contributed by atoms with van der Waals surface area (Å²) >= 11 is 4.03. The van der Waals surface area contributed by atoms with Gasteiger partial charge in [0.05, 0.1) is 56.4 Å². The van der Waals surface area contributed by atoms with E-state index >= 15 is 0 Å². The number of ether oxygens (including phenoxy) is 2. The highest BCUT2D eigenvalue weighted by Crippen LogP contribution is 2.38. The van der Waals surface area contributed by atoms with Crippen LogP contribution in [0.4, 0.5) is 0 Å². The number of nitrogens with zero attached hydrogens (tertiary/aromatic N) is 2. The summed E-state index contributed by atoms with van der Waals surface area (Å²) in [5.74, 6) is -5.40. The van der Waals surface area contributed by atoms with Gasteiger partial charge in [0.1, 0.15) is 30.2 Å². The highest BCUT2D eigenvalue weighted by molar-refractivity contribution is 7.80. The first-order valence-corrected chi connectivity index (χ1v) is 24.9. The van der Waals surface area contributed by atoms with Gasteiger partial charge in [-0.05, 0) is 59.8 Å². The molecule has 1 rings (SSSR count). The molecule has 2 unspecified atom stereocenters. The lowest BCUT2D eigenvalue weighted by Gasteiger charge is -2.31. The Kier molecular flexibility index (Phi) is 30.6. The first-order valence-electron chi connectivity index (χ1n) is 22.8. The fourth-order valence-corrected chi connectivity index (χ4v) is 6.87. The number of hydrogen-bond acceptors (Lipinski definition) is 15. The number of carbonyl (C=O) groups excluding carboxylic acids is 7. The van der Waals surface area contributed by atoms with E-state index in [0.717, 1.165) is 13.3 Å². The van der Waals surface area contributed by atoms with Crippen molar-refractivity contribution in [1.29, 1.82) is 0 Å². The normalized spacial score (nSPS) is 15.2. The van der Waals surface area contributed by atoms with Crippen LogP contribution in [0.15, 0.2) is 12.5 Å². The molecule has 68 heavy (non-hydrogen) atoms. The molecule has 1 aromatic heterocycles. The van der Waals surface area contributed by atoms with E-state index in [0.29, 0.717) is 25.1 Å². The maximum Gasteiger partial charge on any atom is 0.469 e. The monoisotopic (exact) mass is 1010 g/mol. The topological polar surface area (TPSA) is 369 Å². The van der Waals surface area contributed by atoms with Crippen LogP contribution in [0.1, 0.15) is 107 Å². The van der Waals surface area contributed by atoms with Crippen LogP contribution < -0.4 is 38.1 Å². The average Bonchev–Trinajstić information content (AvgIpc) is 3.78. The number of nitrogens with one attached hydrogen (secondary N) is 6. The van der Waals surface area contributed by atoms with E-state index in [1.807, 2.05) is 55.4 Å². The predicted octanol–water partition coefficient (Wildman–Crippen LogP) is -0.690. The molecule has 392 valence electrons. The fourth-order valence-electron chi connectivity index (χ4n) is 6.15. The number of carbonyl (C=O) groups is 7. The first kappa shape index (κ1) is 63.8. The van der Waals surface area contributed by atoms with Crippen LogP contribution in [-0.4, -0.2) is 164 Å². The largest absolute Gasteiger partial charge is 0.469 e. The number of nitrogens with two attached hydrogens (primary N) is 2. The molecule has 24 nitrogen and oxygen atoms in total. The zero-order chi connectivity index (χ0) is 52.4. The highest BCUT2D eigenvalue weighted by atomic mass is 32.1. The summed E-state index contributed by atoms with van der Waals surface area (Å²) in [4.78, 5) is 119. The maximum absolute atomic E-state index is 14.0. The maximum atomic E-state index is 14.0. The first-order chi connectivity index (χ1) is 31.7. The zero-order valence-electron chi connectivity index (χ0n) is 41.1. The van der Waals surface area contributed by atoms with Crippen molar-refractivity contribution in [2.45, 2.75) is 162 Å². The molecule has 0 spiro atoms. The van der Waals surface area contributed by atoms with Gasteiger partial charge in [0, 0.05) is 37.2 Å². The SMILES string of the molecule is CC.CCCCN(C(=O)CCOC(C)(C)COC(C)CCNC(=O)[C@@H](N)CS)[C@@H](C)C(=O)N[C@@H](CC(C)C)C(=O)N[C@@H](Cc1cnc[nH]1)C(=O)N[C@@H](CO)C(=O)N[C@H](C(N)=O)C(C)OP(=O)(O)O. The lowest BCUT2D eigenvalue weighted by atomic mass is 10.0. The third-order valence-corrected chi connectivity index (χ3v) is 11.0. The van der Waals surface area contributed by atoms with Crippen molar-refractivity contribution in [1.82, 2.24) is 41.5 Å². The molecule has 0 saturated heterocycles. The Labute approximate surface area is 405 Å². The minimum atomic E-state index is -5.12. The predicted molar refractivity (Wildman–Crippen MR) is 255 cm³/mol. The third-order valence-electron chi connectivity index (χ3n) is 9.97. The van der Waals surface area contributed by atoms with Crippen molar-refractivity contribution in [3.05, 3.63) is 18.2 Å². The standard InChI is InChI=1S/C40H73N10O14PS.C2H6/c1-9-10-14-50(32(52)12-15-63-40(7,8)21-62-24(4)11-13-44-36(55)28(41)20-66)25(5)35(54)46-29(16-23(2)3)37(56)47-30(17-27-18-43-22-45-27)38(57)48-31(19-51)39(58)49-33(34(42)53)26(6)64-65(59,60)61;1-2/h18,22-26,28-31,33,51,66H,9-17,19-21,41H2,1-8H3,(H2,42,53)(H,43,45)(H,44,55)(H,46,54)(H,47,56)(H,48,57)(H,49,58)(H2,59,60,61);1-2H3/t24?,25-,26?,28-,29-,30-,31-,33-;/m0./s1. The second-order valence-electron chi connectivity index (χ2n) is 16.9. The summed E-state index contributed by atoms with van der Waals surface area (Å²) in [6, 6.07) is -7.93. The second-order valence-corrected chi connectivity index (χ2v) is 18.5.